The van der Waals surface area contributed by atoms with Crippen molar-refractivity contribution in [2.45, 2.75) is 58.9 Å². The monoisotopic (exact) mass is 607 g/mol. The van der Waals surface area contributed by atoms with Crippen LogP contribution >= 0.6 is 0 Å². The normalized spacial score (nSPS) is 11.7. The van der Waals surface area contributed by atoms with E-state index >= 15 is 0 Å². The molecule has 0 saturated heterocycles. The number of ketones is 1. The zero-order valence-corrected chi connectivity index (χ0v) is 24.3. The fourth-order valence-corrected chi connectivity index (χ4v) is 4.13. The highest BCUT2D eigenvalue weighted by Gasteiger charge is 2.25. The Bertz CT molecular complexity index is 1510. The zero-order chi connectivity index (χ0) is 32.5. The molecule has 1 atom stereocenters. The third-order valence-electron chi connectivity index (χ3n) is 6.10. The second kappa shape index (κ2) is 15.1. The number of hydrogen-bond donors (Lipinski definition) is 2. The Morgan fingerprint density at radius 3 is 2.19 bits per heavy atom. The first kappa shape index (κ1) is 34.7. The summed E-state index contributed by atoms with van der Waals surface area (Å²) in [5.41, 5.74) is 1.51. The molecule has 1 heterocycles. The van der Waals surface area contributed by atoms with Crippen LogP contribution in [0.1, 0.15) is 63.6 Å². The van der Waals surface area contributed by atoms with E-state index in [1.165, 1.54) is 16.9 Å². The Morgan fingerprint density at radius 1 is 1.05 bits per heavy atom. The fraction of sp³-hybridized carbons (Fsp3) is 0.367. The number of carbonyl (C=O) groups is 3. The predicted octanol–water partition coefficient (Wildman–Crippen LogP) is 4.49. The van der Waals surface area contributed by atoms with E-state index in [0.29, 0.717) is 0 Å². The Kier molecular flexibility index (Phi) is 12.1. The van der Waals surface area contributed by atoms with E-state index in [1.807, 2.05) is 24.3 Å². The largest absolute Gasteiger partial charge is 0.481 e. The van der Waals surface area contributed by atoms with Crippen LogP contribution in [0.2, 0.25) is 0 Å². The van der Waals surface area contributed by atoms with Crippen molar-refractivity contribution < 1.29 is 41.8 Å². The van der Waals surface area contributed by atoms with Crippen molar-refractivity contribution in [3.05, 3.63) is 92.9 Å². The number of ether oxygens (including phenoxy) is 1. The minimum Gasteiger partial charge on any atom is -0.481 e. The van der Waals surface area contributed by atoms with Crippen LogP contribution in [0, 0.1) is 23.3 Å². The van der Waals surface area contributed by atoms with E-state index < -0.39 is 71.3 Å². The third-order valence-corrected chi connectivity index (χ3v) is 6.10. The van der Waals surface area contributed by atoms with Crippen LogP contribution in [-0.2, 0) is 26.3 Å². The highest BCUT2D eigenvalue weighted by Crippen LogP contribution is 2.27. The minimum absolute atomic E-state index is 0.0148. The van der Waals surface area contributed by atoms with E-state index in [4.69, 9.17) is 9.90 Å². The number of rotatable bonds is 10. The molecule has 43 heavy (non-hydrogen) atoms. The van der Waals surface area contributed by atoms with Gasteiger partial charge in [-0.3, -0.25) is 19.2 Å². The maximum Gasteiger partial charge on any atom is 0.300 e. The Labute approximate surface area is 245 Å². The van der Waals surface area contributed by atoms with E-state index in [0.717, 1.165) is 18.1 Å². The van der Waals surface area contributed by atoms with Gasteiger partial charge in [0.1, 0.15) is 6.61 Å². The molecule has 0 spiro atoms. The van der Waals surface area contributed by atoms with Crippen LogP contribution in [0.3, 0.4) is 0 Å². The molecule has 0 aliphatic rings. The molecule has 2 aromatic carbocycles. The van der Waals surface area contributed by atoms with Crippen molar-refractivity contribution in [2.75, 3.05) is 13.2 Å². The van der Waals surface area contributed by atoms with E-state index in [-0.39, 0.29) is 30.0 Å². The average Bonchev–Trinajstić information content (AvgIpc) is 2.92. The lowest BCUT2D eigenvalue weighted by molar-refractivity contribution is -0.134. The van der Waals surface area contributed by atoms with E-state index in [2.05, 4.69) is 35.9 Å². The van der Waals surface area contributed by atoms with Crippen LogP contribution in [0.5, 0.6) is 5.75 Å². The lowest BCUT2D eigenvalue weighted by Gasteiger charge is -2.23. The molecule has 0 aliphatic carbocycles. The minimum atomic E-state index is -1.78. The van der Waals surface area contributed by atoms with Gasteiger partial charge >= 0.3 is 0 Å². The maximum atomic E-state index is 13.7. The first-order chi connectivity index (χ1) is 20.1. The topological polar surface area (TPSA) is 128 Å². The van der Waals surface area contributed by atoms with Gasteiger partial charge in [0.2, 0.25) is 17.5 Å². The summed E-state index contributed by atoms with van der Waals surface area (Å²) in [6.45, 7) is 7.60. The molecule has 1 unspecified atom stereocenters. The van der Waals surface area contributed by atoms with Crippen molar-refractivity contribution in [1.29, 1.82) is 0 Å². The molecule has 1 aromatic heterocycles. The van der Waals surface area contributed by atoms with E-state index in [1.54, 1.807) is 6.92 Å². The highest BCUT2D eigenvalue weighted by molar-refractivity contribution is 5.89. The molecule has 2 N–H and O–H groups in total. The van der Waals surface area contributed by atoms with Gasteiger partial charge in [-0.1, -0.05) is 52.0 Å². The van der Waals surface area contributed by atoms with Crippen LogP contribution < -0.4 is 15.6 Å². The highest BCUT2D eigenvalue weighted by atomic mass is 19.2. The Hall–Kier alpha value is -4.55. The van der Waals surface area contributed by atoms with Gasteiger partial charge in [0.05, 0.1) is 19.0 Å². The van der Waals surface area contributed by atoms with E-state index in [9.17, 15) is 31.9 Å². The molecule has 0 saturated carbocycles. The van der Waals surface area contributed by atoms with Crippen LogP contribution in [0.25, 0.3) is 0 Å². The van der Waals surface area contributed by atoms with Crippen LogP contribution in [0.4, 0.5) is 17.6 Å². The number of aromatic nitrogens is 2. The molecule has 9 nitrogen and oxygen atoms in total. The molecule has 232 valence electrons. The number of amides is 1. The SMILES string of the molecule is CC(=O)O.CCC(C(=O)NCC(=O)COc1c(F)c(F)cc(F)c1F)c1ccnn(Cc2ccccc2C(C)(C)C)c1=O. The van der Waals surface area contributed by atoms with Crippen molar-refractivity contribution in [3.8, 4) is 5.75 Å². The lowest BCUT2D eigenvalue weighted by Crippen LogP contribution is -2.38. The molecule has 0 aliphatic heterocycles. The second-order valence-corrected chi connectivity index (χ2v) is 10.5. The lowest BCUT2D eigenvalue weighted by atomic mass is 9.84. The molecule has 0 fully saturated rings. The Balaban J connectivity index is 0.00000151. The van der Waals surface area contributed by atoms with Crippen molar-refractivity contribution in [2.24, 2.45) is 0 Å². The van der Waals surface area contributed by atoms with Crippen molar-refractivity contribution in [3.63, 3.8) is 0 Å². The number of benzene rings is 2. The number of halogens is 4. The molecule has 1 amide bonds. The number of carbonyl (C=O) groups excluding carboxylic acids is 2. The number of Topliss-reactive ketones (excluding diaryl/α,β-unsaturated/α-hetero) is 1. The molecule has 13 heteroatoms. The first-order valence-electron chi connectivity index (χ1n) is 13.2. The summed E-state index contributed by atoms with van der Waals surface area (Å²) in [5, 5.41) is 14.0. The number of hydrogen-bond acceptors (Lipinski definition) is 6. The second-order valence-electron chi connectivity index (χ2n) is 10.5. The standard InChI is InChI=1S/C28H29F4N3O4.C2H4O2/c1-5-18(26(37)33-13-17(36)15-39-25-23(31)21(29)12-22(30)24(25)32)19-10-11-34-35(27(19)38)14-16-8-6-7-9-20(16)28(2,3)4;1-2(3)4/h6-12,18H,5,13-15H2,1-4H3,(H,33,37);1H3,(H,3,4). The number of nitrogens with zero attached hydrogens (tertiary/aromatic N) is 2. The summed E-state index contributed by atoms with van der Waals surface area (Å²) in [4.78, 5) is 47.3. The number of carboxylic acid groups (broad SMARTS) is 1. The molecular formula is C30H33F4N3O6. The summed E-state index contributed by atoms with van der Waals surface area (Å²) in [5.74, 6) is -11.5. The average molecular weight is 608 g/mol. The smallest absolute Gasteiger partial charge is 0.300 e. The van der Waals surface area contributed by atoms with Crippen LogP contribution in [0.15, 0.2) is 47.4 Å². The summed E-state index contributed by atoms with van der Waals surface area (Å²) in [6, 6.07) is 9.15. The Morgan fingerprint density at radius 2 is 1.63 bits per heavy atom. The summed E-state index contributed by atoms with van der Waals surface area (Å²) in [7, 11) is 0. The summed E-state index contributed by atoms with van der Waals surface area (Å²) < 4.78 is 59.9. The summed E-state index contributed by atoms with van der Waals surface area (Å²) >= 11 is 0. The van der Waals surface area contributed by atoms with Gasteiger partial charge in [-0.2, -0.15) is 13.9 Å². The summed E-state index contributed by atoms with van der Waals surface area (Å²) in [6.07, 6.45) is 1.65. The molecule has 0 bridgehead atoms. The van der Waals surface area contributed by atoms with Gasteiger partial charge < -0.3 is 15.2 Å². The van der Waals surface area contributed by atoms with Gasteiger partial charge in [-0.05, 0) is 29.0 Å². The number of carboxylic acids is 1. The van der Waals surface area contributed by atoms with Crippen LogP contribution in [-0.4, -0.2) is 45.7 Å². The molecule has 3 rings (SSSR count). The molecule has 3 aromatic rings. The van der Waals surface area contributed by atoms with Gasteiger partial charge in [0, 0.05) is 24.8 Å². The predicted molar refractivity (Wildman–Crippen MR) is 149 cm³/mol. The third kappa shape index (κ3) is 9.48. The number of aliphatic carboxylic acids is 1. The zero-order valence-electron chi connectivity index (χ0n) is 24.3. The molecular weight excluding hydrogens is 574 g/mol. The van der Waals surface area contributed by atoms with Crippen molar-refractivity contribution in [1.82, 2.24) is 15.1 Å². The van der Waals surface area contributed by atoms with Gasteiger partial charge in [0.15, 0.2) is 23.2 Å². The fourth-order valence-electron chi connectivity index (χ4n) is 4.13. The number of nitrogens with one attached hydrogen (secondary N) is 1. The molecule has 0 radical (unpaired) electrons. The van der Waals surface area contributed by atoms with Gasteiger partial charge in [-0.25, -0.2) is 13.5 Å². The maximum absolute atomic E-state index is 13.7. The van der Waals surface area contributed by atoms with Gasteiger partial charge in [0.25, 0.3) is 11.5 Å². The van der Waals surface area contributed by atoms with Crippen molar-refractivity contribution >= 4 is 17.7 Å². The van der Waals surface area contributed by atoms with Gasteiger partial charge in [-0.15, -0.1) is 0 Å². The first-order valence-corrected chi connectivity index (χ1v) is 13.2. The quantitative estimate of drug-likeness (QED) is 0.257.